The highest BCUT2D eigenvalue weighted by atomic mass is 16.7. The molecule has 23 nitrogen and oxygen atoms in total. The van der Waals surface area contributed by atoms with Crippen LogP contribution >= 0.6 is 0 Å². The molecule has 1 saturated heterocycles. The number of carbonyl (C=O) groups is 6. The van der Waals surface area contributed by atoms with E-state index in [4.69, 9.17) is 61.7 Å². The van der Waals surface area contributed by atoms with E-state index in [9.17, 15) is 28.8 Å². The number of nitrogens with zero attached hydrogens (tertiary/aromatic N) is 2. The van der Waals surface area contributed by atoms with Gasteiger partial charge in [-0.25, -0.2) is 4.79 Å². The first kappa shape index (κ1) is 83.3. The number of hydroxylamine groups is 2. The molecule has 0 unspecified atom stereocenters. The van der Waals surface area contributed by atoms with Gasteiger partial charge in [-0.2, -0.15) is 0 Å². The molecule has 578 valence electrons. The molecule has 1 fully saturated rings. The molecule has 5 amide bonds. The monoisotopic (exact) mass is 1490 g/mol. The fourth-order valence-corrected chi connectivity index (χ4v) is 11.2. The molecule has 8 aromatic rings. The summed E-state index contributed by atoms with van der Waals surface area (Å²) in [6.07, 6.45) is -4.22. The normalized spacial score (nSPS) is 12.3. The number of carbonyl (C=O) groups excluding carboxylic acids is 6. The third-order valence-corrected chi connectivity index (χ3v) is 16.9. The summed E-state index contributed by atoms with van der Waals surface area (Å²) in [7, 11) is 0. The average molecular weight is 1490 g/mol. The molecule has 0 spiro atoms. The molecule has 0 radical (unpaired) electrons. The van der Waals surface area contributed by atoms with Crippen LogP contribution in [0.15, 0.2) is 243 Å². The summed E-state index contributed by atoms with van der Waals surface area (Å²) < 4.78 is 76.2. The van der Waals surface area contributed by atoms with Gasteiger partial charge in [0.05, 0.1) is 151 Å². The summed E-state index contributed by atoms with van der Waals surface area (Å²) in [5.41, 5.74) is 7.57. The second kappa shape index (κ2) is 49.4. The van der Waals surface area contributed by atoms with E-state index in [0.29, 0.717) is 5.06 Å². The van der Waals surface area contributed by atoms with Crippen molar-refractivity contribution in [2.75, 3.05) is 92.4 Å². The van der Waals surface area contributed by atoms with Gasteiger partial charge >= 0.3 is 5.97 Å². The first-order chi connectivity index (χ1) is 53.5. The van der Waals surface area contributed by atoms with Crippen molar-refractivity contribution in [3.63, 3.8) is 0 Å². The number of nitrogens with one attached hydrogen (secondary N) is 2. The molecule has 1 aliphatic rings. The second-order valence-corrected chi connectivity index (χ2v) is 26.2. The quantitative estimate of drug-likeness (QED) is 0.0336. The maximum Gasteiger partial charge on any atom is 0.333 e. The highest BCUT2D eigenvalue weighted by Gasteiger charge is 2.34. The van der Waals surface area contributed by atoms with Crippen LogP contribution in [-0.2, 0) is 143 Å². The van der Waals surface area contributed by atoms with Gasteiger partial charge in [-0.05, 0) is 44.5 Å². The topological polar surface area (TPSA) is 253 Å². The molecular formula is C86H100N4O19. The first-order valence-corrected chi connectivity index (χ1v) is 36.8. The molecule has 0 saturated carbocycles. The summed E-state index contributed by atoms with van der Waals surface area (Å²) in [4.78, 5) is 89.1. The third-order valence-electron chi connectivity index (χ3n) is 16.9. The van der Waals surface area contributed by atoms with Crippen molar-refractivity contribution in [3.05, 3.63) is 287 Å². The lowest BCUT2D eigenvalue weighted by Gasteiger charge is -2.28. The number of imide groups is 1. The van der Waals surface area contributed by atoms with Crippen molar-refractivity contribution in [1.29, 1.82) is 0 Å². The van der Waals surface area contributed by atoms with Crippen LogP contribution in [0.25, 0.3) is 0 Å². The zero-order valence-corrected chi connectivity index (χ0v) is 61.6. The van der Waals surface area contributed by atoms with Gasteiger partial charge in [0.25, 0.3) is 11.8 Å². The molecule has 109 heavy (non-hydrogen) atoms. The maximum absolute atomic E-state index is 15.0. The van der Waals surface area contributed by atoms with Gasteiger partial charge in [0.15, 0.2) is 0 Å². The van der Waals surface area contributed by atoms with Crippen molar-refractivity contribution < 1.29 is 90.4 Å². The zero-order valence-electron chi connectivity index (χ0n) is 61.6. The fraction of sp³-hybridized carbons (Fsp3) is 0.372. The van der Waals surface area contributed by atoms with Crippen LogP contribution in [0, 0.1) is 0 Å². The molecule has 9 rings (SSSR count). The molecule has 0 atom stereocenters. The Labute approximate surface area is 638 Å². The van der Waals surface area contributed by atoms with Gasteiger partial charge < -0.3 is 77.2 Å². The SMILES string of the molecule is O=C(CN(CC(=O)NC(COC(COCc1ccccc1)COCc1ccccc1)COC(COCc1ccccc1)COCc1ccccc1)C(=O)CCC(=O)ON1C(=O)CCC1=O)NC(COC(COCc1ccccc1)COCc1ccccc1)COC(COCc1ccccc1)COCc1ccccc1. The maximum atomic E-state index is 15.0. The summed E-state index contributed by atoms with van der Waals surface area (Å²) in [5.74, 6) is -4.80. The lowest BCUT2D eigenvalue weighted by atomic mass is 10.2. The lowest BCUT2D eigenvalue weighted by Crippen LogP contribution is -2.52. The van der Waals surface area contributed by atoms with E-state index in [-0.39, 0.29) is 145 Å². The predicted octanol–water partition coefficient (Wildman–Crippen LogP) is 10.4. The van der Waals surface area contributed by atoms with Crippen molar-refractivity contribution in [2.45, 2.75) is 115 Å². The van der Waals surface area contributed by atoms with Crippen LogP contribution in [0.3, 0.4) is 0 Å². The van der Waals surface area contributed by atoms with E-state index >= 15 is 0 Å². The molecule has 0 bridgehead atoms. The molecule has 1 heterocycles. The Morgan fingerprint density at radius 3 is 0.725 bits per heavy atom. The van der Waals surface area contributed by atoms with E-state index in [1.807, 2.05) is 243 Å². The molecule has 0 aromatic heterocycles. The van der Waals surface area contributed by atoms with Gasteiger partial charge in [-0.15, -0.1) is 5.06 Å². The first-order valence-electron chi connectivity index (χ1n) is 36.8. The molecule has 8 aromatic carbocycles. The van der Waals surface area contributed by atoms with Gasteiger partial charge in [0.2, 0.25) is 17.7 Å². The number of rotatable bonds is 54. The van der Waals surface area contributed by atoms with Crippen molar-refractivity contribution >= 4 is 35.5 Å². The van der Waals surface area contributed by atoms with Crippen molar-refractivity contribution in [2.24, 2.45) is 0 Å². The van der Waals surface area contributed by atoms with E-state index in [1.54, 1.807) is 0 Å². The van der Waals surface area contributed by atoms with E-state index in [0.717, 1.165) is 49.4 Å². The van der Waals surface area contributed by atoms with Gasteiger partial charge in [-0.3, -0.25) is 24.0 Å². The molecule has 23 heteroatoms. The van der Waals surface area contributed by atoms with Gasteiger partial charge in [0, 0.05) is 19.3 Å². The van der Waals surface area contributed by atoms with Crippen molar-refractivity contribution in [3.8, 4) is 0 Å². The van der Waals surface area contributed by atoms with Crippen LogP contribution in [0.2, 0.25) is 0 Å². The third kappa shape index (κ3) is 33.8. The number of ether oxygens (including phenoxy) is 12. The summed E-state index contributed by atoms with van der Waals surface area (Å²) in [6.45, 7) is 0.927. The minimum atomic E-state index is -1.07. The van der Waals surface area contributed by atoms with Crippen molar-refractivity contribution in [1.82, 2.24) is 20.6 Å². The second-order valence-electron chi connectivity index (χ2n) is 26.2. The van der Waals surface area contributed by atoms with Crippen LogP contribution in [0.1, 0.15) is 70.2 Å². The smallest absolute Gasteiger partial charge is 0.333 e. The van der Waals surface area contributed by atoms with E-state index in [1.165, 1.54) is 0 Å². The Bertz CT molecular complexity index is 3230. The van der Waals surface area contributed by atoms with Crippen LogP contribution < -0.4 is 10.6 Å². The van der Waals surface area contributed by atoms with Gasteiger partial charge in [0.1, 0.15) is 37.5 Å². The highest BCUT2D eigenvalue weighted by Crippen LogP contribution is 2.17. The fourth-order valence-electron chi connectivity index (χ4n) is 11.2. The van der Waals surface area contributed by atoms with Crippen LogP contribution in [0.4, 0.5) is 0 Å². The van der Waals surface area contributed by atoms with E-state index < -0.39 is 97.9 Å². The Morgan fingerprint density at radius 2 is 0.514 bits per heavy atom. The van der Waals surface area contributed by atoms with E-state index in [2.05, 4.69) is 10.6 Å². The molecule has 0 aliphatic carbocycles. The Morgan fingerprint density at radius 1 is 0.303 bits per heavy atom. The Hall–Kier alpha value is -9.70. The summed E-state index contributed by atoms with van der Waals surface area (Å²) in [6, 6.07) is 75.5. The number of hydrogen-bond acceptors (Lipinski definition) is 19. The number of benzene rings is 8. The van der Waals surface area contributed by atoms with Gasteiger partial charge in [-0.1, -0.05) is 243 Å². The standard InChI is InChI=1S/C86H100N4O19/c91-81(87-75(55-105-77(59-97-47-67-25-9-1-10-26-67)60-98-48-68-27-11-2-12-28-68)56-106-78(61-99-49-69-29-13-3-14-30-69)62-100-50-70-31-15-4-16-32-70)45-89(83(93)43-44-86(96)109-90-84(94)41-42-85(90)95)46-82(92)88-76(57-107-79(63-101-51-71-33-17-5-18-34-71)64-102-52-72-35-19-6-20-36-72)58-108-80(65-103-53-73-37-21-7-22-38-73)66-104-54-74-39-23-8-24-40-74/h1-40,75-80H,41-66H2,(H,87,91)(H,88,92). The minimum Gasteiger partial charge on any atom is -0.374 e. The predicted molar refractivity (Wildman–Crippen MR) is 405 cm³/mol. The number of hydrogen-bond donors (Lipinski definition) is 2. The average Bonchev–Trinajstić information content (AvgIpc) is 1.78. The zero-order chi connectivity index (χ0) is 76.0. The number of amides is 5. The van der Waals surface area contributed by atoms with Crippen LogP contribution in [-0.4, -0.2) is 174 Å². The largest absolute Gasteiger partial charge is 0.374 e. The molecule has 1 aliphatic heterocycles. The summed E-state index contributed by atoms with van der Waals surface area (Å²) in [5, 5.41) is 6.41. The summed E-state index contributed by atoms with van der Waals surface area (Å²) >= 11 is 0. The molecular weight excluding hydrogens is 1390 g/mol. The highest BCUT2D eigenvalue weighted by molar-refractivity contribution is 6.01. The van der Waals surface area contributed by atoms with Crippen LogP contribution in [0.5, 0.6) is 0 Å². The Kier molecular flexibility index (Phi) is 37.7. The lowest BCUT2D eigenvalue weighted by molar-refractivity contribution is -0.197. The molecule has 2 N–H and O–H groups in total. The Balaban J connectivity index is 0.960. The minimum absolute atomic E-state index is 0.0981.